The van der Waals surface area contributed by atoms with Gasteiger partial charge in [-0.15, -0.1) is 0 Å². The van der Waals surface area contributed by atoms with Crippen molar-refractivity contribution in [2.24, 2.45) is 5.73 Å². The zero-order chi connectivity index (χ0) is 13.1. The third-order valence-corrected chi connectivity index (χ3v) is 2.94. The number of rotatable bonds is 3. The molecular formula is C14H12ClF2N. The maximum Gasteiger partial charge on any atom is 0.129 e. The summed E-state index contributed by atoms with van der Waals surface area (Å²) >= 11 is 5.67. The maximum atomic E-state index is 13.6. The molecule has 2 rings (SSSR count). The fourth-order valence-corrected chi connectivity index (χ4v) is 1.99. The van der Waals surface area contributed by atoms with Gasteiger partial charge in [-0.05, 0) is 36.2 Å². The highest BCUT2D eigenvalue weighted by atomic mass is 35.5. The zero-order valence-electron chi connectivity index (χ0n) is 9.54. The highest BCUT2D eigenvalue weighted by Gasteiger charge is 2.12. The average Bonchev–Trinajstić information content (AvgIpc) is 2.28. The van der Waals surface area contributed by atoms with Crippen LogP contribution in [-0.4, -0.2) is 0 Å². The molecule has 0 aliphatic rings. The Bertz CT molecular complexity index is 557. The molecule has 0 amide bonds. The van der Waals surface area contributed by atoms with Gasteiger partial charge in [-0.1, -0.05) is 29.8 Å². The molecular weight excluding hydrogens is 256 g/mol. The summed E-state index contributed by atoms with van der Waals surface area (Å²) in [7, 11) is 0. The molecule has 2 aromatic carbocycles. The molecule has 0 fully saturated rings. The van der Waals surface area contributed by atoms with Crippen molar-refractivity contribution in [1.29, 1.82) is 0 Å². The van der Waals surface area contributed by atoms with Crippen LogP contribution < -0.4 is 5.73 Å². The predicted octanol–water partition coefficient (Wildman–Crippen LogP) is 3.86. The lowest BCUT2D eigenvalue weighted by atomic mass is 9.99. The van der Waals surface area contributed by atoms with Crippen LogP contribution in [0.4, 0.5) is 8.78 Å². The molecule has 0 saturated heterocycles. The van der Waals surface area contributed by atoms with E-state index in [9.17, 15) is 8.78 Å². The van der Waals surface area contributed by atoms with Gasteiger partial charge in [0.15, 0.2) is 0 Å². The summed E-state index contributed by atoms with van der Waals surface area (Å²) in [5, 5.41) is 0.328. The van der Waals surface area contributed by atoms with Gasteiger partial charge in [0, 0.05) is 16.6 Å². The van der Waals surface area contributed by atoms with Crippen LogP contribution in [0.25, 0.3) is 0 Å². The van der Waals surface area contributed by atoms with Crippen molar-refractivity contribution in [2.75, 3.05) is 0 Å². The first-order valence-corrected chi connectivity index (χ1v) is 5.89. The topological polar surface area (TPSA) is 26.0 Å². The highest BCUT2D eigenvalue weighted by molar-refractivity contribution is 6.30. The summed E-state index contributed by atoms with van der Waals surface area (Å²) in [5.74, 6) is -0.761. The summed E-state index contributed by atoms with van der Waals surface area (Å²) in [5.41, 5.74) is 7.03. The smallest absolute Gasteiger partial charge is 0.129 e. The minimum Gasteiger partial charge on any atom is -0.324 e. The Labute approximate surface area is 109 Å². The molecule has 1 atom stereocenters. The standard InChI is InChI=1S/C14H12ClF2N/c15-10-4-5-12(13(17)8-10)14(18)7-9-2-1-3-11(16)6-9/h1-6,8,14H,7,18H2. The summed E-state index contributed by atoms with van der Waals surface area (Å²) in [6.07, 6.45) is 0.371. The number of hydrogen-bond acceptors (Lipinski definition) is 1. The van der Waals surface area contributed by atoms with Gasteiger partial charge in [-0.25, -0.2) is 8.78 Å². The first kappa shape index (κ1) is 13.0. The molecule has 1 nitrogen and oxygen atoms in total. The van der Waals surface area contributed by atoms with Crippen molar-refractivity contribution < 1.29 is 8.78 Å². The molecule has 2 N–H and O–H groups in total. The second kappa shape index (κ2) is 5.46. The van der Waals surface area contributed by atoms with Crippen molar-refractivity contribution >= 4 is 11.6 Å². The predicted molar refractivity (Wildman–Crippen MR) is 68.4 cm³/mol. The van der Waals surface area contributed by atoms with Gasteiger partial charge in [0.2, 0.25) is 0 Å². The van der Waals surface area contributed by atoms with E-state index in [1.807, 2.05) is 0 Å². The molecule has 4 heteroatoms. The second-order valence-corrected chi connectivity index (χ2v) is 4.54. The monoisotopic (exact) mass is 267 g/mol. The van der Waals surface area contributed by atoms with E-state index < -0.39 is 11.9 Å². The van der Waals surface area contributed by atoms with Crippen LogP contribution in [0.5, 0.6) is 0 Å². The SMILES string of the molecule is NC(Cc1cccc(F)c1)c1ccc(Cl)cc1F. The quantitative estimate of drug-likeness (QED) is 0.898. The number of nitrogens with two attached hydrogens (primary N) is 1. The highest BCUT2D eigenvalue weighted by Crippen LogP contribution is 2.22. The Morgan fingerprint density at radius 3 is 2.56 bits per heavy atom. The number of benzene rings is 2. The molecule has 0 bridgehead atoms. The first-order valence-electron chi connectivity index (χ1n) is 5.51. The van der Waals surface area contributed by atoms with Crippen LogP contribution in [0.3, 0.4) is 0 Å². The Balaban J connectivity index is 2.19. The van der Waals surface area contributed by atoms with E-state index in [1.54, 1.807) is 24.3 Å². The number of halogens is 3. The largest absolute Gasteiger partial charge is 0.324 e. The van der Waals surface area contributed by atoms with E-state index in [-0.39, 0.29) is 5.82 Å². The minimum absolute atomic E-state index is 0.323. The Hall–Kier alpha value is -1.45. The third-order valence-electron chi connectivity index (χ3n) is 2.71. The molecule has 18 heavy (non-hydrogen) atoms. The van der Waals surface area contributed by atoms with Crippen molar-refractivity contribution in [2.45, 2.75) is 12.5 Å². The molecule has 0 spiro atoms. The Morgan fingerprint density at radius 2 is 1.89 bits per heavy atom. The van der Waals surface area contributed by atoms with Crippen LogP contribution >= 0.6 is 11.6 Å². The molecule has 0 radical (unpaired) electrons. The van der Waals surface area contributed by atoms with E-state index in [0.717, 1.165) is 5.56 Å². The van der Waals surface area contributed by atoms with Gasteiger partial charge >= 0.3 is 0 Å². The van der Waals surface area contributed by atoms with Crippen molar-refractivity contribution in [3.63, 3.8) is 0 Å². The lowest BCUT2D eigenvalue weighted by Gasteiger charge is -2.13. The third kappa shape index (κ3) is 3.06. The Kier molecular flexibility index (Phi) is 3.94. The van der Waals surface area contributed by atoms with Gasteiger partial charge in [-0.3, -0.25) is 0 Å². The zero-order valence-corrected chi connectivity index (χ0v) is 10.3. The van der Waals surface area contributed by atoms with Gasteiger partial charge in [0.25, 0.3) is 0 Å². The van der Waals surface area contributed by atoms with E-state index in [1.165, 1.54) is 18.2 Å². The van der Waals surface area contributed by atoms with Crippen LogP contribution in [-0.2, 0) is 6.42 Å². The van der Waals surface area contributed by atoms with Gasteiger partial charge < -0.3 is 5.73 Å². The van der Waals surface area contributed by atoms with Crippen LogP contribution in [0.1, 0.15) is 17.2 Å². The molecule has 0 aliphatic carbocycles. The van der Waals surface area contributed by atoms with Gasteiger partial charge in [0.05, 0.1) is 0 Å². The maximum absolute atomic E-state index is 13.6. The lowest BCUT2D eigenvalue weighted by Crippen LogP contribution is -2.15. The van der Waals surface area contributed by atoms with E-state index in [2.05, 4.69) is 0 Å². The van der Waals surface area contributed by atoms with Crippen LogP contribution in [0.2, 0.25) is 5.02 Å². The van der Waals surface area contributed by atoms with E-state index in [4.69, 9.17) is 17.3 Å². The summed E-state index contributed by atoms with van der Waals surface area (Å²) < 4.78 is 26.7. The lowest BCUT2D eigenvalue weighted by molar-refractivity contribution is 0.578. The Morgan fingerprint density at radius 1 is 1.11 bits per heavy atom. The van der Waals surface area contributed by atoms with Gasteiger partial charge in [-0.2, -0.15) is 0 Å². The van der Waals surface area contributed by atoms with Gasteiger partial charge in [0.1, 0.15) is 11.6 Å². The van der Waals surface area contributed by atoms with Crippen molar-refractivity contribution in [3.8, 4) is 0 Å². The van der Waals surface area contributed by atoms with E-state index >= 15 is 0 Å². The summed E-state index contributed by atoms with van der Waals surface area (Å²) in [6.45, 7) is 0. The molecule has 0 saturated carbocycles. The number of hydrogen-bond donors (Lipinski definition) is 1. The van der Waals surface area contributed by atoms with Crippen LogP contribution in [0, 0.1) is 11.6 Å². The second-order valence-electron chi connectivity index (χ2n) is 4.11. The van der Waals surface area contributed by atoms with E-state index in [0.29, 0.717) is 17.0 Å². The fraction of sp³-hybridized carbons (Fsp3) is 0.143. The minimum atomic E-state index is -0.524. The molecule has 94 valence electrons. The van der Waals surface area contributed by atoms with Crippen molar-refractivity contribution in [3.05, 3.63) is 70.2 Å². The molecule has 0 aromatic heterocycles. The normalized spacial score (nSPS) is 12.4. The molecule has 2 aromatic rings. The molecule has 0 aliphatic heterocycles. The summed E-state index contributed by atoms with van der Waals surface area (Å²) in [4.78, 5) is 0. The summed E-state index contributed by atoms with van der Waals surface area (Å²) in [6, 6.07) is 9.97. The first-order chi connectivity index (χ1) is 8.56. The molecule has 1 unspecified atom stereocenters. The van der Waals surface area contributed by atoms with Crippen molar-refractivity contribution in [1.82, 2.24) is 0 Å². The van der Waals surface area contributed by atoms with Crippen LogP contribution in [0.15, 0.2) is 42.5 Å². The fourth-order valence-electron chi connectivity index (χ4n) is 1.83. The average molecular weight is 268 g/mol. The molecule has 0 heterocycles.